The number of aryl methyl sites for hydroxylation is 1. The molecule has 17 heavy (non-hydrogen) atoms. The molecule has 0 spiro atoms. The van der Waals surface area contributed by atoms with Gasteiger partial charge in [-0.15, -0.1) is 21.5 Å². The Kier molecular flexibility index (Phi) is 2.72. The standard InChI is InChI=1S/C12H16N4S/c1-9-11-4-3-5-15(11)6-7-16(9)8-12-14-13-10(2)17-12/h3-5,9H,6-8H2,1-2H3/t9-/m1/s1. The Morgan fingerprint density at radius 1 is 1.41 bits per heavy atom. The Morgan fingerprint density at radius 2 is 2.29 bits per heavy atom. The maximum atomic E-state index is 4.21. The molecule has 1 aliphatic heterocycles. The number of fused-ring (bicyclic) bond motifs is 1. The van der Waals surface area contributed by atoms with Crippen LogP contribution < -0.4 is 0 Å². The molecule has 0 saturated heterocycles. The lowest BCUT2D eigenvalue weighted by Crippen LogP contribution is -2.35. The lowest BCUT2D eigenvalue weighted by Gasteiger charge is -2.34. The molecule has 0 unspecified atom stereocenters. The van der Waals surface area contributed by atoms with Crippen LogP contribution in [-0.4, -0.2) is 26.2 Å². The molecular weight excluding hydrogens is 232 g/mol. The van der Waals surface area contributed by atoms with Gasteiger partial charge in [0.05, 0.1) is 6.54 Å². The van der Waals surface area contributed by atoms with Crippen molar-refractivity contribution in [3.63, 3.8) is 0 Å². The molecule has 3 rings (SSSR count). The normalized spacial score (nSPS) is 20.5. The summed E-state index contributed by atoms with van der Waals surface area (Å²) in [5.41, 5.74) is 1.40. The van der Waals surface area contributed by atoms with E-state index in [1.165, 1.54) is 5.69 Å². The molecule has 90 valence electrons. The lowest BCUT2D eigenvalue weighted by atomic mass is 10.1. The molecule has 2 aromatic heterocycles. The molecule has 3 heterocycles. The van der Waals surface area contributed by atoms with Crippen LogP contribution in [0.3, 0.4) is 0 Å². The van der Waals surface area contributed by atoms with Gasteiger partial charge in [-0.2, -0.15) is 0 Å². The van der Waals surface area contributed by atoms with Gasteiger partial charge in [0.15, 0.2) is 0 Å². The van der Waals surface area contributed by atoms with Crippen LogP contribution in [0.4, 0.5) is 0 Å². The Bertz CT molecular complexity index is 516. The Balaban J connectivity index is 1.78. The quantitative estimate of drug-likeness (QED) is 0.817. The summed E-state index contributed by atoms with van der Waals surface area (Å²) >= 11 is 1.70. The molecule has 2 aromatic rings. The van der Waals surface area contributed by atoms with Crippen LogP contribution in [0.2, 0.25) is 0 Å². The highest BCUT2D eigenvalue weighted by molar-refractivity contribution is 7.11. The van der Waals surface area contributed by atoms with E-state index in [4.69, 9.17) is 0 Å². The van der Waals surface area contributed by atoms with Gasteiger partial charge < -0.3 is 4.57 Å². The van der Waals surface area contributed by atoms with Crippen LogP contribution in [0.25, 0.3) is 0 Å². The van der Waals surface area contributed by atoms with Crippen molar-refractivity contribution in [1.82, 2.24) is 19.7 Å². The topological polar surface area (TPSA) is 34.0 Å². The first-order valence-corrected chi connectivity index (χ1v) is 6.74. The van der Waals surface area contributed by atoms with Crippen LogP contribution >= 0.6 is 11.3 Å². The molecule has 0 fully saturated rings. The predicted molar refractivity (Wildman–Crippen MR) is 67.9 cm³/mol. The minimum atomic E-state index is 0.461. The van der Waals surface area contributed by atoms with Gasteiger partial charge in [-0.05, 0) is 26.0 Å². The van der Waals surface area contributed by atoms with Gasteiger partial charge in [-0.25, -0.2) is 0 Å². The van der Waals surface area contributed by atoms with Crippen molar-refractivity contribution in [3.05, 3.63) is 34.0 Å². The second-order valence-electron chi connectivity index (χ2n) is 4.49. The van der Waals surface area contributed by atoms with Crippen molar-refractivity contribution >= 4 is 11.3 Å². The first kappa shape index (κ1) is 10.9. The van der Waals surface area contributed by atoms with E-state index in [0.717, 1.165) is 29.6 Å². The van der Waals surface area contributed by atoms with Crippen LogP contribution in [0, 0.1) is 6.92 Å². The molecule has 4 nitrogen and oxygen atoms in total. The number of aromatic nitrogens is 3. The maximum absolute atomic E-state index is 4.21. The second-order valence-corrected chi connectivity index (χ2v) is 5.75. The van der Waals surface area contributed by atoms with E-state index in [2.05, 4.69) is 44.9 Å². The third kappa shape index (κ3) is 2.00. The van der Waals surface area contributed by atoms with E-state index in [1.54, 1.807) is 11.3 Å². The molecule has 1 aliphatic rings. The van der Waals surface area contributed by atoms with Crippen molar-refractivity contribution < 1.29 is 0 Å². The molecule has 0 amide bonds. The fraction of sp³-hybridized carbons (Fsp3) is 0.500. The van der Waals surface area contributed by atoms with Crippen molar-refractivity contribution in [2.24, 2.45) is 0 Å². The van der Waals surface area contributed by atoms with Gasteiger partial charge in [-0.1, -0.05) is 0 Å². The summed E-state index contributed by atoms with van der Waals surface area (Å²) in [7, 11) is 0. The summed E-state index contributed by atoms with van der Waals surface area (Å²) in [5, 5.41) is 10.5. The van der Waals surface area contributed by atoms with E-state index < -0.39 is 0 Å². The summed E-state index contributed by atoms with van der Waals surface area (Å²) in [6.45, 7) is 7.34. The molecular formula is C12H16N4S. The highest BCUT2D eigenvalue weighted by Gasteiger charge is 2.24. The molecule has 0 bridgehead atoms. The Hall–Kier alpha value is -1.20. The Morgan fingerprint density at radius 3 is 3.06 bits per heavy atom. The highest BCUT2D eigenvalue weighted by Crippen LogP contribution is 2.27. The van der Waals surface area contributed by atoms with Crippen LogP contribution in [-0.2, 0) is 13.1 Å². The van der Waals surface area contributed by atoms with Crippen molar-refractivity contribution in [2.75, 3.05) is 6.54 Å². The van der Waals surface area contributed by atoms with Gasteiger partial charge in [0.25, 0.3) is 0 Å². The van der Waals surface area contributed by atoms with Crippen LogP contribution in [0.15, 0.2) is 18.3 Å². The number of rotatable bonds is 2. The summed E-state index contributed by atoms with van der Waals surface area (Å²) in [6, 6.07) is 4.80. The zero-order valence-corrected chi connectivity index (χ0v) is 10.9. The van der Waals surface area contributed by atoms with Gasteiger partial charge in [-0.3, -0.25) is 4.90 Å². The molecule has 0 aliphatic carbocycles. The number of hydrogen-bond donors (Lipinski definition) is 0. The SMILES string of the molecule is Cc1nnc(CN2CCn3cccc3[C@H]2C)s1. The minimum Gasteiger partial charge on any atom is -0.349 e. The average Bonchev–Trinajstić information content (AvgIpc) is 2.92. The van der Waals surface area contributed by atoms with Crippen molar-refractivity contribution in [1.29, 1.82) is 0 Å². The molecule has 0 aromatic carbocycles. The monoisotopic (exact) mass is 248 g/mol. The van der Waals surface area contributed by atoms with Crippen LogP contribution in [0.5, 0.6) is 0 Å². The maximum Gasteiger partial charge on any atom is 0.131 e. The first-order valence-electron chi connectivity index (χ1n) is 5.92. The lowest BCUT2D eigenvalue weighted by molar-refractivity contribution is 0.160. The number of nitrogens with zero attached hydrogens (tertiary/aromatic N) is 4. The molecule has 0 radical (unpaired) electrons. The van der Waals surface area contributed by atoms with Gasteiger partial charge >= 0.3 is 0 Å². The van der Waals surface area contributed by atoms with E-state index in [1.807, 2.05) is 6.92 Å². The first-order chi connectivity index (χ1) is 8.24. The highest BCUT2D eigenvalue weighted by atomic mass is 32.1. The molecule has 1 atom stereocenters. The second kappa shape index (κ2) is 4.23. The summed E-state index contributed by atoms with van der Waals surface area (Å²) in [6.07, 6.45) is 2.16. The van der Waals surface area contributed by atoms with Crippen molar-refractivity contribution in [3.8, 4) is 0 Å². The van der Waals surface area contributed by atoms with Gasteiger partial charge in [0.1, 0.15) is 10.0 Å². The van der Waals surface area contributed by atoms with E-state index in [9.17, 15) is 0 Å². The fourth-order valence-corrected chi connectivity index (χ4v) is 3.15. The van der Waals surface area contributed by atoms with Gasteiger partial charge in [0.2, 0.25) is 0 Å². The molecule has 5 heteroatoms. The fourth-order valence-electron chi connectivity index (χ4n) is 2.42. The third-order valence-electron chi connectivity index (χ3n) is 3.37. The van der Waals surface area contributed by atoms with E-state index in [-0.39, 0.29) is 0 Å². The largest absolute Gasteiger partial charge is 0.349 e. The summed E-state index contributed by atoms with van der Waals surface area (Å²) in [5.74, 6) is 0. The van der Waals surface area contributed by atoms with Gasteiger partial charge in [0, 0.05) is 31.0 Å². The van der Waals surface area contributed by atoms with E-state index >= 15 is 0 Å². The minimum absolute atomic E-state index is 0.461. The third-order valence-corrected chi connectivity index (χ3v) is 4.20. The predicted octanol–water partition coefficient (Wildman–Crippen LogP) is 2.22. The van der Waals surface area contributed by atoms with Crippen molar-refractivity contribution in [2.45, 2.75) is 33.0 Å². The zero-order chi connectivity index (χ0) is 11.8. The van der Waals surface area contributed by atoms with E-state index in [0.29, 0.717) is 6.04 Å². The molecule has 0 N–H and O–H groups in total. The number of hydrogen-bond acceptors (Lipinski definition) is 4. The zero-order valence-electron chi connectivity index (χ0n) is 10.1. The smallest absolute Gasteiger partial charge is 0.131 e. The Labute approximate surface area is 105 Å². The average molecular weight is 248 g/mol. The summed E-state index contributed by atoms with van der Waals surface area (Å²) in [4.78, 5) is 2.47. The summed E-state index contributed by atoms with van der Waals surface area (Å²) < 4.78 is 2.34. The molecule has 0 saturated carbocycles. The van der Waals surface area contributed by atoms with Crippen LogP contribution in [0.1, 0.15) is 28.7 Å².